The maximum atomic E-state index is 13.1. The van der Waals surface area contributed by atoms with Crippen molar-refractivity contribution in [1.82, 2.24) is 0 Å². The number of rotatable bonds is 13. The molecule has 6 fully saturated rings. The molecule has 0 amide bonds. The fourth-order valence-corrected chi connectivity index (χ4v) is 12.9. The van der Waals surface area contributed by atoms with Crippen LogP contribution in [0, 0.1) is 28.6 Å². The summed E-state index contributed by atoms with van der Waals surface area (Å²) in [6.07, 6.45) is -0.435. The van der Waals surface area contributed by atoms with Gasteiger partial charge in [0, 0.05) is 45.5 Å². The summed E-state index contributed by atoms with van der Waals surface area (Å²) in [4.78, 5) is 13.1. The van der Waals surface area contributed by atoms with Crippen LogP contribution in [0.5, 0.6) is 0 Å². The average molecular weight is 881 g/mol. The molecule has 3 aliphatic heterocycles. The third-order valence-electron chi connectivity index (χ3n) is 16.8. The first-order valence-electron chi connectivity index (χ1n) is 23.1. The number of carbonyl (C=O) groups excluding carboxylic acids is 1. The smallest absolute Gasteiger partial charge is 0.187 e. The van der Waals surface area contributed by atoms with Gasteiger partial charge in [-0.2, -0.15) is 0 Å². The summed E-state index contributed by atoms with van der Waals surface area (Å²) in [6.45, 7) is 15.2. The first kappa shape index (κ1) is 48.5. The van der Waals surface area contributed by atoms with Gasteiger partial charge in [0.1, 0.15) is 36.3 Å². The summed E-state index contributed by atoms with van der Waals surface area (Å²) in [5.41, 5.74) is -0.0909. The fourth-order valence-electron chi connectivity index (χ4n) is 12.9. The zero-order chi connectivity index (χ0) is 45.1. The predicted molar refractivity (Wildman–Crippen MR) is 224 cm³/mol. The molecule has 16 unspecified atom stereocenters. The number of allylic oxidation sites excluding steroid dienone is 2. The number of aliphatic hydroxyl groups is 4. The highest BCUT2D eigenvalue weighted by Gasteiger charge is 2.71. The van der Waals surface area contributed by atoms with E-state index in [1.54, 1.807) is 28.1 Å². The minimum absolute atomic E-state index is 0.0280. The largest absolute Gasteiger partial charge is 0.389 e. The van der Waals surface area contributed by atoms with Gasteiger partial charge in [0.25, 0.3) is 0 Å². The van der Waals surface area contributed by atoms with E-state index in [1.165, 1.54) is 12.7 Å². The number of hydrogen-bond acceptors (Lipinski definition) is 15. The highest BCUT2D eigenvalue weighted by Crippen LogP contribution is 2.69. The van der Waals surface area contributed by atoms with Crippen molar-refractivity contribution in [1.29, 1.82) is 0 Å². The maximum absolute atomic E-state index is 13.1. The van der Waals surface area contributed by atoms with E-state index >= 15 is 0 Å². The maximum Gasteiger partial charge on any atom is 0.187 e. The molecule has 22 atom stereocenters. The normalized spacial score (nSPS) is 50.2. The Hall–Kier alpha value is -1.41. The number of aliphatic hydroxyl groups excluding tert-OH is 3. The van der Waals surface area contributed by atoms with Crippen molar-refractivity contribution in [2.45, 2.75) is 217 Å². The van der Waals surface area contributed by atoms with E-state index in [1.807, 2.05) is 40.7 Å². The Morgan fingerprint density at radius 1 is 0.806 bits per heavy atom. The van der Waals surface area contributed by atoms with Crippen molar-refractivity contribution < 1.29 is 72.6 Å². The van der Waals surface area contributed by atoms with Crippen LogP contribution in [0.2, 0.25) is 0 Å². The van der Waals surface area contributed by atoms with Crippen LogP contribution in [-0.2, 0) is 52.2 Å². The molecule has 62 heavy (non-hydrogen) atoms. The number of hydrogen-bond donors (Lipinski definition) is 4. The number of fused-ring (bicyclic) bond motifs is 5. The second-order valence-corrected chi connectivity index (χ2v) is 19.9. The summed E-state index contributed by atoms with van der Waals surface area (Å²) in [5, 5.41) is 45.3. The van der Waals surface area contributed by atoms with Crippen molar-refractivity contribution in [3.05, 3.63) is 23.3 Å². The van der Waals surface area contributed by atoms with Crippen LogP contribution in [0.15, 0.2) is 23.3 Å². The summed E-state index contributed by atoms with van der Waals surface area (Å²) in [7, 11) is 4.69. The molecule has 15 heteroatoms. The summed E-state index contributed by atoms with van der Waals surface area (Å²) in [5.74, 6) is -0.192. The second kappa shape index (κ2) is 19.1. The van der Waals surface area contributed by atoms with Gasteiger partial charge in [-0.15, -0.1) is 0 Å². The molecular weight excluding hydrogens is 805 g/mol. The van der Waals surface area contributed by atoms with Crippen LogP contribution in [0.25, 0.3) is 0 Å². The number of ether oxygens (including phenoxy) is 10. The van der Waals surface area contributed by atoms with Gasteiger partial charge in [0.15, 0.2) is 25.2 Å². The fraction of sp³-hybridized carbons (Fsp3) is 0.894. The van der Waals surface area contributed by atoms with Crippen LogP contribution < -0.4 is 0 Å². The van der Waals surface area contributed by atoms with E-state index in [0.29, 0.717) is 37.7 Å². The summed E-state index contributed by atoms with van der Waals surface area (Å²) < 4.78 is 62.0. The lowest BCUT2D eigenvalue weighted by atomic mass is 9.45. The first-order chi connectivity index (χ1) is 29.3. The van der Waals surface area contributed by atoms with Crippen LogP contribution in [0.4, 0.5) is 0 Å². The Balaban J connectivity index is 0.979. The van der Waals surface area contributed by atoms with Gasteiger partial charge in [0.05, 0.1) is 48.3 Å². The quantitative estimate of drug-likeness (QED) is 0.150. The standard InChI is InChI=1S/C47H76O15/c1-12-23(2)43(51)60-35-20-32-31(47(52)18-16-30(24(3)48)46(35,47)8)14-13-28-19-29(15-17-45(28,32)7)59-36-21-33(53-9)40(26(5)56-36)61-37-22-34(54-10)41(27(6)57-37)62-44-39(50)42(55-11)38(49)25(4)58-44/h12-13,25-27,29-44,49-52H,14-22H2,1-11H3/b23-12+/t25?,26?,27?,29-,30+,31?,32?,33?,34?,35+,36?,37?,38?,39?,40?,41?,42?,43?,44?,45-,46-,47-/m0/s1. The molecule has 4 aliphatic carbocycles. The Morgan fingerprint density at radius 2 is 1.44 bits per heavy atom. The van der Waals surface area contributed by atoms with E-state index in [0.717, 1.165) is 25.7 Å². The molecule has 354 valence electrons. The number of ketones is 1. The highest BCUT2D eigenvalue weighted by atomic mass is 16.8. The minimum atomic E-state index is -1.22. The average Bonchev–Trinajstić information content (AvgIpc) is 3.53. The molecule has 15 nitrogen and oxygen atoms in total. The van der Waals surface area contributed by atoms with Crippen molar-refractivity contribution in [3.8, 4) is 0 Å². The molecule has 7 rings (SSSR count). The van der Waals surface area contributed by atoms with Crippen molar-refractivity contribution in [2.24, 2.45) is 28.6 Å². The highest BCUT2D eigenvalue weighted by molar-refractivity contribution is 5.80. The Kier molecular flexibility index (Phi) is 14.9. The molecule has 0 radical (unpaired) electrons. The van der Waals surface area contributed by atoms with Gasteiger partial charge in [-0.25, -0.2) is 0 Å². The van der Waals surface area contributed by atoms with Crippen LogP contribution in [0.1, 0.15) is 113 Å². The SMILES string of the molecule is C/C=C(\C)C(O)O[C@@H]1CC2C(CC=C3C[C@@H](OC4CC(OC)C(OC5CC(OC)C(OC6OC(C)C(O)C(OC)C6O)C(C)O5)C(C)O4)CC[C@@]32C)[C@@]2(O)CC[C@H](C(C)=O)[C@@]12C. The second-order valence-electron chi connectivity index (χ2n) is 19.9. The van der Waals surface area contributed by atoms with Gasteiger partial charge in [-0.05, 0) is 109 Å². The van der Waals surface area contributed by atoms with Crippen molar-refractivity contribution in [2.75, 3.05) is 21.3 Å². The van der Waals surface area contributed by atoms with Crippen LogP contribution >= 0.6 is 0 Å². The van der Waals surface area contributed by atoms with Gasteiger partial charge in [-0.1, -0.05) is 31.6 Å². The van der Waals surface area contributed by atoms with Gasteiger partial charge in [-0.3, -0.25) is 4.79 Å². The Bertz CT molecular complexity index is 1620. The number of carbonyl (C=O) groups is 1. The molecule has 0 aromatic rings. The lowest BCUT2D eigenvalue weighted by Crippen LogP contribution is -2.67. The van der Waals surface area contributed by atoms with E-state index < -0.39 is 91.1 Å². The topological polar surface area (TPSA) is 190 Å². The van der Waals surface area contributed by atoms with E-state index in [-0.39, 0.29) is 47.3 Å². The van der Waals surface area contributed by atoms with Gasteiger partial charge >= 0.3 is 0 Å². The summed E-state index contributed by atoms with van der Waals surface area (Å²) in [6, 6.07) is 0. The zero-order valence-electron chi connectivity index (χ0n) is 38.8. The molecule has 3 heterocycles. The third-order valence-corrected chi connectivity index (χ3v) is 16.8. The van der Waals surface area contributed by atoms with E-state index in [2.05, 4.69) is 13.0 Å². The van der Waals surface area contributed by atoms with E-state index in [9.17, 15) is 25.2 Å². The molecule has 0 aromatic carbocycles. The zero-order valence-corrected chi connectivity index (χ0v) is 38.8. The molecule has 0 spiro atoms. The summed E-state index contributed by atoms with van der Waals surface area (Å²) >= 11 is 0. The lowest BCUT2D eigenvalue weighted by molar-refractivity contribution is -0.352. The number of Topliss-reactive ketones (excluding diaryl/α,β-unsaturated/α-hetero) is 1. The van der Waals surface area contributed by atoms with Crippen LogP contribution in [0.3, 0.4) is 0 Å². The molecule has 3 saturated heterocycles. The van der Waals surface area contributed by atoms with Crippen LogP contribution in [-0.4, -0.2) is 152 Å². The molecule has 0 bridgehead atoms. The molecule has 3 saturated carbocycles. The molecule has 0 aromatic heterocycles. The lowest BCUT2D eigenvalue weighted by Gasteiger charge is -2.63. The monoisotopic (exact) mass is 881 g/mol. The van der Waals surface area contributed by atoms with Crippen molar-refractivity contribution >= 4 is 5.78 Å². The Morgan fingerprint density at radius 3 is 2.03 bits per heavy atom. The minimum Gasteiger partial charge on any atom is -0.389 e. The number of methoxy groups -OCH3 is 3. The molecular formula is C47H76O15. The van der Waals surface area contributed by atoms with Gasteiger partial charge in [0.2, 0.25) is 0 Å². The van der Waals surface area contributed by atoms with Gasteiger partial charge < -0.3 is 67.8 Å². The van der Waals surface area contributed by atoms with Crippen molar-refractivity contribution in [3.63, 3.8) is 0 Å². The molecule has 4 N–H and O–H groups in total. The Labute approximate surface area is 368 Å². The first-order valence-corrected chi connectivity index (χ1v) is 23.1. The third kappa shape index (κ3) is 8.57. The van der Waals surface area contributed by atoms with E-state index in [4.69, 9.17) is 47.4 Å². The predicted octanol–water partition coefficient (Wildman–Crippen LogP) is 4.49. The molecule has 7 aliphatic rings.